The van der Waals surface area contributed by atoms with Crippen LogP contribution in [0.5, 0.6) is 0 Å². The van der Waals surface area contributed by atoms with E-state index in [1.807, 2.05) is 13.8 Å². The van der Waals surface area contributed by atoms with E-state index in [0.29, 0.717) is 12.0 Å². The molecule has 3 nitrogen and oxygen atoms in total. The van der Waals surface area contributed by atoms with Gasteiger partial charge in [-0.2, -0.15) is 0 Å². The fourth-order valence-corrected chi connectivity index (χ4v) is 3.78. The van der Waals surface area contributed by atoms with Crippen LogP contribution >= 0.6 is 0 Å². The van der Waals surface area contributed by atoms with E-state index in [1.165, 1.54) is 37.2 Å². The Morgan fingerprint density at radius 2 is 1.45 bits per heavy atom. The zero-order chi connectivity index (χ0) is 20.9. The predicted molar refractivity (Wildman–Crippen MR) is 126 cm³/mol. The van der Waals surface area contributed by atoms with E-state index in [0.717, 1.165) is 26.3 Å². The molecule has 0 saturated carbocycles. The minimum Gasteiger partial charge on any atom is -0.379 e. The number of para-hydroxylation sites is 1. The summed E-state index contributed by atoms with van der Waals surface area (Å²) in [5, 5.41) is 0. The molecule has 3 rings (SSSR count). The second-order valence-electron chi connectivity index (χ2n) is 8.03. The van der Waals surface area contributed by atoms with Gasteiger partial charge in [0.05, 0.1) is 12.6 Å². The lowest BCUT2D eigenvalue weighted by atomic mass is 10.1. The van der Waals surface area contributed by atoms with Gasteiger partial charge in [-0.25, -0.2) is 0 Å². The second kappa shape index (κ2) is 13.4. The van der Waals surface area contributed by atoms with Crippen LogP contribution in [-0.2, 0) is 11.3 Å². The predicted octanol–water partition coefficient (Wildman–Crippen LogP) is 5.86. The van der Waals surface area contributed by atoms with Crippen LogP contribution in [0, 0.1) is 5.92 Å². The number of ether oxygens (including phenoxy) is 1. The van der Waals surface area contributed by atoms with Crippen molar-refractivity contribution in [2.45, 2.75) is 53.1 Å². The fraction of sp³-hybridized carbons (Fsp3) is 0.538. The largest absolute Gasteiger partial charge is 0.379 e. The van der Waals surface area contributed by atoms with Crippen LogP contribution in [0.1, 0.15) is 46.1 Å². The van der Waals surface area contributed by atoms with Crippen molar-refractivity contribution >= 4 is 5.69 Å². The normalized spacial score (nSPS) is 15.1. The number of rotatable bonds is 10. The number of hydrogen-bond donors (Lipinski definition) is 0. The third-order valence-corrected chi connectivity index (χ3v) is 5.19. The van der Waals surface area contributed by atoms with E-state index < -0.39 is 0 Å². The summed E-state index contributed by atoms with van der Waals surface area (Å²) in [6.45, 7) is 14.4. The molecule has 1 aliphatic rings. The van der Waals surface area contributed by atoms with Crippen LogP contribution in [0.2, 0.25) is 0 Å². The first-order valence-electron chi connectivity index (χ1n) is 11.4. The highest BCUT2D eigenvalue weighted by atomic mass is 16.5. The monoisotopic (exact) mass is 396 g/mol. The third-order valence-electron chi connectivity index (χ3n) is 5.19. The molecule has 0 amide bonds. The van der Waals surface area contributed by atoms with Crippen LogP contribution < -0.4 is 4.90 Å². The first kappa shape index (κ1) is 23.4. The molecule has 0 aromatic heterocycles. The van der Waals surface area contributed by atoms with Gasteiger partial charge in [0, 0.05) is 25.4 Å². The molecule has 1 fully saturated rings. The number of nitrogens with zero attached hydrogens (tertiary/aromatic N) is 2. The maximum Gasteiger partial charge on any atom is 0.0639 e. The molecule has 0 N–H and O–H groups in total. The lowest BCUT2D eigenvalue weighted by molar-refractivity contribution is 0.0567. The minimum atomic E-state index is 0.440. The summed E-state index contributed by atoms with van der Waals surface area (Å²) in [5.41, 5.74) is 2.64. The smallest absolute Gasteiger partial charge is 0.0639 e. The molecular formula is C26H40N2O. The highest BCUT2D eigenvalue weighted by Crippen LogP contribution is 2.20. The van der Waals surface area contributed by atoms with E-state index in [1.54, 1.807) is 0 Å². The molecule has 2 aromatic carbocycles. The number of benzene rings is 2. The molecule has 29 heavy (non-hydrogen) atoms. The van der Waals surface area contributed by atoms with Gasteiger partial charge in [-0.3, -0.25) is 4.90 Å². The quantitative estimate of drug-likeness (QED) is 0.500. The Bertz CT molecular complexity index is 638. The Hall–Kier alpha value is -1.84. The lowest BCUT2D eigenvalue weighted by Crippen LogP contribution is -2.45. The third kappa shape index (κ3) is 8.20. The molecular weight excluding hydrogens is 356 g/mol. The van der Waals surface area contributed by atoms with Crippen molar-refractivity contribution in [3.05, 3.63) is 66.2 Å². The summed E-state index contributed by atoms with van der Waals surface area (Å²) in [6, 6.07) is 22.0. The van der Waals surface area contributed by atoms with E-state index in [9.17, 15) is 0 Å². The van der Waals surface area contributed by atoms with Crippen LogP contribution in [0.4, 0.5) is 5.69 Å². The summed E-state index contributed by atoms with van der Waals surface area (Å²) in [4.78, 5) is 5.14. The van der Waals surface area contributed by atoms with Gasteiger partial charge in [-0.1, -0.05) is 76.2 Å². The van der Waals surface area contributed by atoms with E-state index in [2.05, 4.69) is 84.3 Å². The Kier molecular flexibility index (Phi) is 10.8. The molecule has 0 radical (unpaired) electrons. The molecule has 160 valence electrons. The topological polar surface area (TPSA) is 15.7 Å². The first-order valence-corrected chi connectivity index (χ1v) is 11.4. The summed E-state index contributed by atoms with van der Waals surface area (Å²) in [6.07, 6.45) is 2.62. The molecule has 0 spiro atoms. The SMILES string of the molecule is CC.CC(C)COCC(CN(Cc1ccccc1)c1ccccc1)N1CCCC1. The van der Waals surface area contributed by atoms with Gasteiger partial charge in [0.1, 0.15) is 0 Å². The van der Waals surface area contributed by atoms with Crippen molar-refractivity contribution in [3.63, 3.8) is 0 Å². The zero-order valence-corrected chi connectivity index (χ0v) is 18.9. The van der Waals surface area contributed by atoms with E-state index in [-0.39, 0.29) is 0 Å². The average molecular weight is 397 g/mol. The Labute approximate surface area is 178 Å². The van der Waals surface area contributed by atoms with E-state index >= 15 is 0 Å². The molecule has 1 saturated heterocycles. The minimum absolute atomic E-state index is 0.440. The fourth-order valence-electron chi connectivity index (χ4n) is 3.78. The van der Waals surface area contributed by atoms with Crippen molar-refractivity contribution in [2.24, 2.45) is 5.92 Å². The van der Waals surface area contributed by atoms with Gasteiger partial charge >= 0.3 is 0 Å². The molecule has 0 bridgehead atoms. The van der Waals surface area contributed by atoms with Crippen molar-refractivity contribution in [1.29, 1.82) is 0 Å². The van der Waals surface area contributed by atoms with Crippen LogP contribution in [0.3, 0.4) is 0 Å². The second-order valence-corrected chi connectivity index (χ2v) is 8.03. The molecule has 3 heteroatoms. The van der Waals surface area contributed by atoms with Crippen molar-refractivity contribution < 1.29 is 4.74 Å². The molecule has 2 aromatic rings. The Morgan fingerprint density at radius 3 is 2.03 bits per heavy atom. The van der Waals surface area contributed by atoms with Crippen molar-refractivity contribution in [2.75, 3.05) is 37.7 Å². The maximum absolute atomic E-state index is 6.09. The molecule has 0 aliphatic carbocycles. The summed E-state index contributed by atoms with van der Waals surface area (Å²) < 4.78 is 6.09. The van der Waals surface area contributed by atoms with Gasteiger partial charge in [-0.15, -0.1) is 0 Å². The van der Waals surface area contributed by atoms with Gasteiger partial charge in [0.25, 0.3) is 0 Å². The van der Waals surface area contributed by atoms with Crippen molar-refractivity contribution in [1.82, 2.24) is 4.90 Å². The van der Waals surface area contributed by atoms with Gasteiger partial charge in [0.15, 0.2) is 0 Å². The molecule has 1 heterocycles. The summed E-state index contributed by atoms with van der Waals surface area (Å²) >= 11 is 0. The highest BCUT2D eigenvalue weighted by Gasteiger charge is 2.25. The van der Waals surface area contributed by atoms with Crippen LogP contribution in [0.25, 0.3) is 0 Å². The van der Waals surface area contributed by atoms with Gasteiger partial charge in [-0.05, 0) is 49.5 Å². The number of hydrogen-bond acceptors (Lipinski definition) is 3. The molecule has 1 atom stereocenters. The summed E-state index contributed by atoms with van der Waals surface area (Å²) in [5.74, 6) is 0.582. The number of anilines is 1. The zero-order valence-electron chi connectivity index (χ0n) is 18.9. The van der Waals surface area contributed by atoms with E-state index in [4.69, 9.17) is 4.74 Å². The van der Waals surface area contributed by atoms with Gasteiger partial charge < -0.3 is 9.64 Å². The van der Waals surface area contributed by atoms with Crippen LogP contribution in [-0.4, -0.2) is 43.8 Å². The molecule has 1 unspecified atom stereocenters. The maximum atomic E-state index is 6.09. The Balaban J connectivity index is 0.00000145. The number of likely N-dealkylation sites (tertiary alicyclic amines) is 1. The highest BCUT2D eigenvalue weighted by molar-refractivity contribution is 5.47. The Morgan fingerprint density at radius 1 is 0.862 bits per heavy atom. The first-order chi connectivity index (χ1) is 14.2. The average Bonchev–Trinajstić information content (AvgIpc) is 3.30. The standard InChI is InChI=1S/C24H34N2O.C2H6/c1-21(2)19-27-20-24(25-15-9-10-16-25)18-26(23-13-7-4-8-14-23)17-22-11-5-3-6-12-22;1-2/h3-8,11-14,21,24H,9-10,15-20H2,1-2H3;1-2H3. The van der Waals surface area contributed by atoms with Crippen LogP contribution in [0.15, 0.2) is 60.7 Å². The van der Waals surface area contributed by atoms with Crippen molar-refractivity contribution in [3.8, 4) is 0 Å². The molecule has 1 aliphatic heterocycles. The lowest BCUT2D eigenvalue weighted by Gasteiger charge is -2.34. The van der Waals surface area contributed by atoms with Gasteiger partial charge in [0.2, 0.25) is 0 Å². The summed E-state index contributed by atoms with van der Waals surface area (Å²) in [7, 11) is 0.